The Morgan fingerprint density at radius 1 is 0.950 bits per heavy atom. The van der Waals surface area contributed by atoms with E-state index in [1.54, 1.807) is 0 Å². The normalized spacial score (nSPS) is 22.0. The van der Waals surface area contributed by atoms with E-state index in [0.29, 0.717) is 12.2 Å². The van der Waals surface area contributed by atoms with Crippen molar-refractivity contribution >= 4 is 0 Å². The lowest BCUT2D eigenvalue weighted by Crippen LogP contribution is -1.91. The van der Waals surface area contributed by atoms with Crippen molar-refractivity contribution in [3.63, 3.8) is 0 Å². The number of hydrogen-bond donors (Lipinski definition) is 0. The van der Waals surface area contributed by atoms with Crippen LogP contribution in [0.2, 0.25) is 0 Å². The first-order valence-electron chi connectivity index (χ1n) is 9.06. The predicted octanol–water partition coefficient (Wildman–Crippen LogP) is 6.28. The number of hydrogen-bond acceptors (Lipinski definition) is 1. The zero-order valence-electron chi connectivity index (χ0n) is 14.1. The van der Waals surface area contributed by atoms with Gasteiger partial charge in [0, 0.05) is 0 Å². The molecule has 0 radical (unpaired) electrons. The van der Waals surface area contributed by atoms with E-state index < -0.39 is 0 Å². The van der Waals surface area contributed by atoms with Gasteiger partial charge in [0.05, 0.1) is 6.10 Å². The molecule has 1 aliphatic heterocycles. The molecule has 2 unspecified atom stereocenters. The van der Waals surface area contributed by atoms with Crippen LogP contribution in [0.3, 0.4) is 0 Å². The molecule has 1 rings (SSSR count). The summed E-state index contributed by atoms with van der Waals surface area (Å²) in [5.41, 5.74) is 0. The van der Waals surface area contributed by atoms with E-state index in [4.69, 9.17) is 4.74 Å². The van der Waals surface area contributed by atoms with Crippen LogP contribution in [-0.2, 0) is 4.74 Å². The van der Waals surface area contributed by atoms with Crippen LogP contribution in [0.25, 0.3) is 0 Å². The number of unbranched alkanes of at least 4 members (excludes halogenated alkanes) is 7. The Morgan fingerprint density at radius 3 is 2.25 bits per heavy atom. The largest absolute Gasteiger partial charge is 0.365 e. The second-order valence-electron chi connectivity index (χ2n) is 6.80. The molecule has 1 aliphatic rings. The number of ether oxygens (including phenoxy) is 1. The summed E-state index contributed by atoms with van der Waals surface area (Å²) in [6.07, 6.45) is 20.6. The van der Waals surface area contributed by atoms with Gasteiger partial charge in [-0.1, -0.05) is 84.3 Å². The summed E-state index contributed by atoms with van der Waals surface area (Å²) in [6.45, 7) is 6.85. The Morgan fingerprint density at radius 2 is 1.60 bits per heavy atom. The molecule has 0 aliphatic carbocycles. The fourth-order valence-electron chi connectivity index (χ4n) is 2.70. The van der Waals surface area contributed by atoms with Crippen LogP contribution in [0.1, 0.15) is 91.4 Å². The molecule has 1 saturated heterocycles. The molecule has 0 aromatic carbocycles. The van der Waals surface area contributed by atoms with E-state index in [2.05, 4.69) is 32.9 Å². The molecule has 1 fully saturated rings. The number of epoxide rings is 1. The van der Waals surface area contributed by atoms with Crippen LogP contribution >= 0.6 is 0 Å². The summed E-state index contributed by atoms with van der Waals surface area (Å²) >= 11 is 0. The molecule has 0 bridgehead atoms. The third-order valence-electron chi connectivity index (χ3n) is 4.20. The van der Waals surface area contributed by atoms with Crippen molar-refractivity contribution in [3.8, 4) is 0 Å². The summed E-state index contributed by atoms with van der Waals surface area (Å²) in [5, 5.41) is 0. The maximum absolute atomic E-state index is 5.70. The summed E-state index contributed by atoms with van der Waals surface area (Å²) in [6, 6.07) is 0. The molecule has 1 heteroatoms. The summed E-state index contributed by atoms with van der Waals surface area (Å²) in [4.78, 5) is 0. The van der Waals surface area contributed by atoms with E-state index in [1.165, 1.54) is 70.6 Å². The van der Waals surface area contributed by atoms with Gasteiger partial charge in [0.1, 0.15) is 6.10 Å². The van der Waals surface area contributed by atoms with Crippen LogP contribution in [0.15, 0.2) is 12.2 Å². The molecule has 20 heavy (non-hydrogen) atoms. The molecule has 0 aromatic heterocycles. The van der Waals surface area contributed by atoms with Crippen LogP contribution in [0, 0.1) is 5.92 Å². The minimum absolute atomic E-state index is 0.451. The van der Waals surface area contributed by atoms with Crippen molar-refractivity contribution in [2.45, 2.75) is 104 Å². The standard InChI is InChI=1S/C19H36O/c1-4-5-6-7-8-9-10-11-15-18-19(20-18)16-13-12-14-17(2)3/h13,16-19H,4-12,14-15H2,1-3H3/b16-13+. The van der Waals surface area contributed by atoms with Crippen LogP contribution in [0.4, 0.5) is 0 Å². The first kappa shape index (κ1) is 17.8. The maximum atomic E-state index is 5.70. The molecule has 0 N–H and O–H groups in total. The number of rotatable bonds is 13. The van der Waals surface area contributed by atoms with Gasteiger partial charge in [0.2, 0.25) is 0 Å². The molecular formula is C19H36O. The van der Waals surface area contributed by atoms with Gasteiger partial charge in [0.25, 0.3) is 0 Å². The quantitative estimate of drug-likeness (QED) is 0.220. The minimum atomic E-state index is 0.451. The first-order valence-corrected chi connectivity index (χ1v) is 9.06. The molecule has 2 atom stereocenters. The summed E-state index contributed by atoms with van der Waals surface area (Å²) in [5.74, 6) is 0.813. The third-order valence-corrected chi connectivity index (χ3v) is 4.20. The second kappa shape index (κ2) is 11.4. The SMILES string of the molecule is CCCCCCCCCCC1OC1/C=C/CCC(C)C. The Labute approximate surface area is 127 Å². The zero-order chi connectivity index (χ0) is 14.6. The molecular weight excluding hydrogens is 244 g/mol. The molecule has 0 saturated carbocycles. The molecule has 0 amide bonds. The van der Waals surface area contributed by atoms with Gasteiger partial charge in [-0.25, -0.2) is 0 Å². The fraction of sp³-hybridized carbons (Fsp3) is 0.895. The minimum Gasteiger partial charge on any atom is -0.365 e. The van der Waals surface area contributed by atoms with Gasteiger partial charge in [-0.3, -0.25) is 0 Å². The van der Waals surface area contributed by atoms with Crippen LogP contribution in [-0.4, -0.2) is 12.2 Å². The highest BCUT2D eigenvalue weighted by Gasteiger charge is 2.35. The molecule has 1 nitrogen and oxygen atoms in total. The topological polar surface area (TPSA) is 12.5 Å². The highest BCUT2D eigenvalue weighted by molar-refractivity contribution is 5.02. The summed E-state index contributed by atoms with van der Waals surface area (Å²) < 4.78 is 5.70. The van der Waals surface area contributed by atoms with Crippen molar-refractivity contribution in [1.29, 1.82) is 0 Å². The van der Waals surface area contributed by atoms with E-state index in [1.807, 2.05) is 0 Å². The smallest absolute Gasteiger partial charge is 0.102 e. The molecule has 1 heterocycles. The summed E-state index contributed by atoms with van der Waals surface area (Å²) in [7, 11) is 0. The number of allylic oxidation sites excluding steroid dienone is 1. The average molecular weight is 280 g/mol. The van der Waals surface area contributed by atoms with Gasteiger partial charge < -0.3 is 4.74 Å². The fourth-order valence-corrected chi connectivity index (χ4v) is 2.70. The van der Waals surface area contributed by atoms with E-state index in [9.17, 15) is 0 Å². The van der Waals surface area contributed by atoms with Crippen molar-refractivity contribution in [1.82, 2.24) is 0 Å². The van der Waals surface area contributed by atoms with Crippen molar-refractivity contribution in [2.75, 3.05) is 0 Å². The van der Waals surface area contributed by atoms with E-state index in [-0.39, 0.29) is 0 Å². The van der Waals surface area contributed by atoms with Gasteiger partial charge in [0.15, 0.2) is 0 Å². The second-order valence-corrected chi connectivity index (χ2v) is 6.80. The lowest BCUT2D eigenvalue weighted by Gasteiger charge is -2.00. The lowest BCUT2D eigenvalue weighted by molar-refractivity contribution is 0.372. The molecule has 0 aromatic rings. The van der Waals surface area contributed by atoms with Crippen molar-refractivity contribution in [2.24, 2.45) is 5.92 Å². The van der Waals surface area contributed by atoms with Crippen LogP contribution < -0.4 is 0 Å². The highest BCUT2D eigenvalue weighted by Crippen LogP contribution is 2.29. The Hall–Kier alpha value is -0.300. The Kier molecular flexibility index (Phi) is 10.1. The molecule has 0 spiro atoms. The van der Waals surface area contributed by atoms with Gasteiger partial charge >= 0.3 is 0 Å². The Balaban J connectivity index is 1.83. The lowest BCUT2D eigenvalue weighted by atomic mass is 10.1. The van der Waals surface area contributed by atoms with Gasteiger partial charge in [-0.2, -0.15) is 0 Å². The monoisotopic (exact) mass is 280 g/mol. The van der Waals surface area contributed by atoms with Crippen molar-refractivity contribution in [3.05, 3.63) is 12.2 Å². The third kappa shape index (κ3) is 9.58. The molecule has 118 valence electrons. The average Bonchev–Trinajstić information content (AvgIpc) is 3.16. The maximum Gasteiger partial charge on any atom is 0.102 e. The van der Waals surface area contributed by atoms with E-state index >= 15 is 0 Å². The van der Waals surface area contributed by atoms with Gasteiger partial charge in [-0.15, -0.1) is 0 Å². The highest BCUT2D eigenvalue weighted by atomic mass is 16.6. The van der Waals surface area contributed by atoms with Gasteiger partial charge in [-0.05, 0) is 25.2 Å². The van der Waals surface area contributed by atoms with E-state index in [0.717, 1.165) is 5.92 Å². The zero-order valence-corrected chi connectivity index (χ0v) is 14.1. The Bertz CT molecular complexity index is 244. The van der Waals surface area contributed by atoms with Crippen molar-refractivity contribution < 1.29 is 4.74 Å². The van der Waals surface area contributed by atoms with Crippen LogP contribution in [0.5, 0.6) is 0 Å². The first-order chi connectivity index (χ1) is 9.74. The predicted molar refractivity (Wildman–Crippen MR) is 89.1 cm³/mol.